The molecular formula is C19H30N2O. The number of rotatable bonds is 8. The van der Waals surface area contributed by atoms with E-state index in [9.17, 15) is 0 Å². The molecule has 3 nitrogen and oxygen atoms in total. The van der Waals surface area contributed by atoms with Gasteiger partial charge in [-0.2, -0.15) is 0 Å². The number of nitrogens with zero attached hydrogens (tertiary/aromatic N) is 2. The Balaban J connectivity index is 1.67. The molecule has 0 amide bonds. The van der Waals surface area contributed by atoms with Gasteiger partial charge in [0.25, 0.3) is 0 Å². The summed E-state index contributed by atoms with van der Waals surface area (Å²) in [5.41, 5.74) is 2.52. The Kier molecular flexibility index (Phi) is 6.94. The fourth-order valence-electron chi connectivity index (χ4n) is 2.86. The second-order valence-electron chi connectivity index (χ2n) is 6.30. The van der Waals surface area contributed by atoms with E-state index in [2.05, 4.69) is 48.5 Å². The van der Waals surface area contributed by atoms with Crippen LogP contribution in [-0.2, 0) is 6.42 Å². The van der Waals surface area contributed by atoms with Crippen molar-refractivity contribution in [2.24, 2.45) is 0 Å². The van der Waals surface area contributed by atoms with Gasteiger partial charge < -0.3 is 14.5 Å². The molecule has 0 aliphatic carbocycles. The number of benzene rings is 1. The first-order valence-electron chi connectivity index (χ1n) is 8.43. The van der Waals surface area contributed by atoms with Crippen LogP contribution in [0.15, 0.2) is 30.9 Å². The lowest BCUT2D eigenvalue weighted by Gasteiger charge is -2.32. The van der Waals surface area contributed by atoms with E-state index in [4.69, 9.17) is 4.74 Å². The minimum absolute atomic E-state index is 0.806. The number of ether oxygens (including phenoxy) is 1. The Morgan fingerprint density at radius 3 is 2.68 bits per heavy atom. The van der Waals surface area contributed by atoms with Gasteiger partial charge in [-0.15, -0.1) is 6.58 Å². The summed E-state index contributed by atoms with van der Waals surface area (Å²) in [5.74, 6) is 1.02. The number of likely N-dealkylation sites (N-methyl/N-ethyl adjacent to an activating group) is 1. The monoisotopic (exact) mass is 302 g/mol. The zero-order valence-corrected chi connectivity index (χ0v) is 14.2. The maximum atomic E-state index is 5.98. The molecule has 1 saturated heterocycles. The standard InChI is InChI=1S/C19H30N2O/c1-4-7-18-16-17(2)8-9-19(18)22-15-6-5-10-21-13-11-20(3)12-14-21/h4,8-9,16H,1,5-7,10-15H2,2-3H3. The van der Waals surface area contributed by atoms with Gasteiger partial charge in [0.05, 0.1) is 6.61 Å². The van der Waals surface area contributed by atoms with Gasteiger partial charge >= 0.3 is 0 Å². The molecule has 1 fully saturated rings. The number of piperazine rings is 1. The van der Waals surface area contributed by atoms with Gasteiger partial charge in [-0.3, -0.25) is 0 Å². The lowest BCUT2D eigenvalue weighted by atomic mass is 10.1. The van der Waals surface area contributed by atoms with Gasteiger partial charge in [-0.05, 0) is 51.4 Å². The van der Waals surface area contributed by atoms with E-state index in [1.807, 2.05) is 6.08 Å². The molecule has 1 heterocycles. The Hall–Kier alpha value is -1.32. The van der Waals surface area contributed by atoms with Crippen LogP contribution in [0.5, 0.6) is 5.75 Å². The maximum Gasteiger partial charge on any atom is 0.122 e. The molecule has 3 heteroatoms. The highest BCUT2D eigenvalue weighted by molar-refractivity contribution is 5.38. The highest BCUT2D eigenvalue weighted by Crippen LogP contribution is 2.21. The summed E-state index contributed by atoms with van der Waals surface area (Å²) in [6, 6.07) is 6.40. The highest BCUT2D eigenvalue weighted by atomic mass is 16.5. The predicted octanol–water partition coefficient (Wildman–Crippen LogP) is 3.13. The van der Waals surface area contributed by atoms with Crippen molar-refractivity contribution in [1.82, 2.24) is 9.80 Å². The van der Waals surface area contributed by atoms with Crippen molar-refractivity contribution < 1.29 is 4.74 Å². The molecule has 0 N–H and O–H groups in total. The lowest BCUT2D eigenvalue weighted by Crippen LogP contribution is -2.44. The van der Waals surface area contributed by atoms with E-state index in [0.29, 0.717) is 0 Å². The van der Waals surface area contributed by atoms with Gasteiger partial charge in [0.1, 0.15) is 5.75 Å². The summed E-state index contributed by atoms with van der Waals surface area (Å²) in [4.78, 5) is 4.97. The van der Waals surface area contributed by atoms with E-state index in [0.717, 1.165) is 25.2 Å². The number of unbranched alkanes of at least 4 members (excludes halogenated alkanes) is 1. The molecule has 22 heavy (non-hydrogen) atoms. The van der Waals surface area contributed by atoms with Crippen molar-refractivity contribution in [1.29, 1.82) is 0 Å². The molecule has 0 saturated carbocycles. The van der Waals surface area contributed by atoms with E-state index < -0.39 is 0 Å². The molecule has 2 rings (SSSR count). The number of hydrogen-bond donors (Lipinski definition) is 0. The molecule has 1 aromatic carbocycles. The number of allylic oxidation sites excluding steroid dienone is 1. The normalized spacial score (nSPS) is 16.6. The van der Waals surface area contributed by atoms with Crippen LogP contribution in [0.1, 0.15) is 24.0 Å². The highest BCUT2D eigenvalue weighted by Gasteiger charge is 2.12. The molecule has 0 spiro atoms. The third kappa shape index (κ3) is 5.47. The largest absolute Gasteiger partial charge is 0.493 e. The molecule has 0 unspecified atom stereocenters. The maximum absolute atomic E-state index is 5.98. The summed E-state index contributed by atoms with van der Waals surface area (Å²) in [7, 11) is 2.20. The number of aryl methyl sites for hydroxylation is 1. The SMILES string of the molecule is C=CCc1cc(C)ccc1OCCCCN1CCN(C)CC1. The van der Waals surface area contributed by atoms with Crippen LogP contribution in [0.4, 0.5) is 0 Å². The number of hydrogen-bond acceptors (Lipinski definition) is 3. The zero-order valence-electron chi connectivity index (χ0n) is 14.2. The Bertz CT molecular complexity index is 465. The predicted molar refractivity (Wildman–Crippen MR) is 93.7 cm³/mol. The second kappa shape index (κ2) is 8.96. The van der Waals surface area contributed by atoms with Gasteiger partial charge in [-0.25, -0.2) is 0 Å². The van der Waals surface area contributed by atoms with Gasteiger partial charge in [0.15, 0.2) is 0 Å². The quantitative estimate of drug-likeness (QED) is 0.542. The van der Waals surface area contributed by atoms with E-state index in [-0.39, 0.29) is 0 Å². The molecule has 1 aliphatic heterocycles. The Morgan fingerprint density at radius 1 is 1.18 bits per heavy atom. The fourth-order valence-corrected chi connectivity index (χ4v) is 2.86. The summed E-state index contributed by atoms with van der Waals surface area (Å²) in [6.07, 6.45) is 5.15. The molecule has 0 atom stereocenters. The molecule has 0 aromatic heterocycles. The van der Waals surface area contributed by atoms with E-state index in [1.165, 1.54) is 50.3 Å². The summed E-state index contributed by atoms with van der Waals surface area (Å²) in [6.45, 7) is 12.8. The van der Waals surface area contributed by atoms with Gasteiger partial charge in [0, 0.05) is 26.2 Å². The molecule has 0 bridgehead atoms. The molecule has 122 valence electrons. The first-order chi connectivity index (χ1) is 10.7. The van der Waals surface area contributed by atoms with Crippen molar-refractivity contribution in [3.63, 3.8) is 0 Å². The minimum Gasteiger partial charge on any atom is -0.493 e. The minimum atomic E-state index is 0.806. The second-order valence-corrected chi connectivity index (χ2v) is 6.30. The van der Waals surface area contributed by atoms with Crippen molar-refractivity contribution >= 4 is 0 Å². The Labute approximate surface area is 135 Å². The summed E-state index contributed by atoms with van der Waals surface area (Å²) in [5, 5.41) is 0. The average molecular weight is 302 g/mol. The van der Waals surface area contributed by atoms with Crippen molar-refractivity contribution in [3.8, 4) is 5.75 Å². The topological polar surface area (TPSA) is 15.7 Å². The molecular weight excluding hydrogens is 272 g/mol. The van der Waals surface area contributed by atoms with Crippen molar-refractivity contribution in [3.05, 3.63) is 42.0 Å². The summed E-state index contributed by atoms with van der Waals surface area (Å²) >= 11 is 0. The average Bonchev–Trinajstić information content (AvgIpc) is 2.51. The first kappa shape index (κ1) is 17.0. The van der Waals surface area contributed by atoms with Crippen LogP contribution in [0.25, 0.3) is 0 Å². The van der Waals surface area contributed by atoms with E-state index in [1.54, 1.807) is 0 Å². The van der Waals surface area contributed by atoms with Crippen LogP contribution in [0, 0.1) is 6.92 Å². The third-order valence-corrected chi connectivity index (χ3v) is 4.30. The van der Waals surface area contributed by atoms with Gasteiger partial charge in [-0.1, -0.05) is 23.8 Å². The first-order valence-corrected chi connectivity index (χ1v) is 8.43. The third-order valence-electron chi connectivity index (χ3n) is 4.30. The smallest absolute Gasteiger partial charge is 0.122 e. The lowest BCUT2D eigenvalue weighted by molar-refractivity contribution is 0.150. The molecule has 1 aliphatic rings. The van der Waals surface area contributed by atoms with Crippen LogP contribution in [0.2, 0.25) is 0 Å². The van der Waals surface area contributed by atoms with Crippen molar-refractivity contribution in [2.75, 3.05) is 46.4 Å². The summed E-state index contributed by atoms with van der Waals surface area (Å²) < 4.78 is 5.98. The van der Waals surface area contributed by atoms with Crippen LogP contribution >= 0.6 is 0 Å². The van der Waals surface area contributed by atoms with Crippen LogP contribution < -0.4 is 4.74 Å². The van der Waals surface area contributed by atoms with E-state index >= 15 is 0 Å². The molecule has 0 radical (unpaired) electrons. The van der Waals surface area contributed by atoms with Crippen LogP contribution in [-0.4, -0.2) is 56.2 Å². The van der Waals surface area contributed by atoms with Crippen LogP contribution in [0.3, 0.4) is 0 Å². The van der Waals surface area contributed by atoms with Gasteiger partial charge in [0.2, 0.25) is 0 Å². The zero-order chi connectivity index (χ0) is 15.8. The van der Waals surface area contributed by atoms with Crippen molar-refractivity contribution in [2.45, 2.75) is 26.2 Å². The molecule has 1 aromatic rings. The Morgan fingerprint density at radius 2 is 1.95 bits per heavy atom. The fraction of sp³-hybridized carbons (Fsp3) is 0.579.